The van der Waals surface area contributed by atoms with Gasteiger partial charge in [-0.25, -0.2) is 0 Å². The van der Waals surface area contributed by atoms with Crippen molar-refractivity contribution in [2.75, 3.05) is 26.3 Å². The van der Waals surface area contributed by atoms with Crippen LogP contribution in [0, 0.1) is 25.2 Å². The van der Waals surface area contributed by atoms with E-state index in [0.29, 0.717) is 19.0 Å². The van der Waals surface area contributed by atoms with Crippen LogP contribution in [-0.4, -0.2) is 42.4 Å². The van der Waals surface area contributed by atoms with E-state index < -0.39 is 6.10 Å². The fraction of sp³-hybridized carbons (Fsp3) is 0.625. The number of nitrogens with zero attached hydrogens (tertiary/aromatic N) is 1. The predicted octanol–water partition coefficient (Wildman–Crippen LogP) is 2.06. The van der Waals surface area contributed by atoms with E-state index in [4.69, 9.17) is 15.6 Å². The number of aliphatic hydroxyl groups excluding tert-OH is 1. The molecule has 0 aromatic carbocycles. The van der Waals surface area contributed by atoms with Crippen LogP contribution in [0.2, 0.25) is 0 Å². The molecule has 4 nitrogen and oxygen atoms in total. The molecule has 1 aromatic rings. The molecule has 0 aliphatic heterocycles. The number of rotatable bonds is 9. The summed E-state index contributed by atoms with van der Waals surface area (Å²) in [6.07, 6.45) is 4.56. The monoisotopic (exact) mass is 279 g/mol. The highest BCUT2D eigenvalue weighted by molar-refractivity contribution is 5.05. The molecular formula is C16H25NO3. The Morgan fingerprint density at radius 2 is 2.15 bits per heavy atom. The van der Waals surface area contributed by atoms with Gasteiger partial charge in [-0.3, -0.25) is 4.90 Å². The third kappa shape index (κ3) is 6.76. The van der Waals surface area contributed by atoms with Gasteiger partial charge in [-0.1, -0.05) is 19.8 Å². The summed E-state index contributed by atoms with van der Waals surface area (Å²) < 4.78 is 10.8. The summed E-state index contributed by atoms with van der Waals surface area (Å²) in [6, 6.07) is 3.93. The van der Waals surface area contributed by atoms with E-state index in [2.05, 4.69) is 24.7 Å². The highest BCUT2D eigenvalue weighted by Crippen LogP contribution is 2.11. The largest absolute Gasteiger partial charge is 0.465 e. The quantitative estimate of drug-likeness (QED) is 0.555. The SMILES string of the molecule is C#CCOC[C@H](O)CN(Cc1ccc(C)o1)CC(C)C. The van der Waals surface area contributed by atoms with Crippen LogP contribution in [0.4, 0.5) is 0 Å². The molecule has 1 N–H and O–H groups in total. The van der Waals surface area contributed by atoms with Crippen molar-refractivity contribution in [3.63, 3.8) is 0 Å². The lowest BCUT2D eigenvalue weighted by Gasteiger charge is -2.25. The van der Waals surface area contributed by atoms with Crippen LogP contribution in [0.5, 0.6) is 0 Å². The van der Waals surface area contributed by atoms with Crippen LogP contribution < -0.4 is 0 Å². The maximum atomic E-state index is 9.98. The minimum Gasteiger partial charge on any atom is -0.465 e. The predicted molar refractivity (Wildman–Crippen MR) is 79.2 cm³/mol. The van der Waals surface area contributed by atoms with Crippen molar-refractivity contribution >= 4 is 0 Å². The lowest BCUT2D eigenvalue weighted by molar-refractivity contribution is 0.0224. The second-order valence-electron chi connectivity index (χ2n) is 5.47. The molecule has 0 saturated carbocycles. The first-order valence-electron chi connectivity index (χ1n) is 6.98. The van der Waals surface area contributed by atoms with Gasteiger partial charge in [0.05, 0.1) is 19.3 Å². The normalized spacial score (nSPS) is 12.8. The summed E-state index contributed by atoms with van der Waals surface area (Å²) in [6.45, 7) is 8.86. The molecule has 4 heteroatoms. The van der Waals surface area contributed by atoms with Gasteiger partial charge in [-0.05, 0) is 25.0 Å². The first-order valence-corrected chi connectivity index (χ1v) is 6.98. The molecule has 1 aromatic heterocycles. The molecule has 0 unspecified atom stereocenters. The van der Waals surface area contributed by atoms with Crippen LogP contribution >= 0.6 is 0 Å². The van der Waals surface area contributed by atoms with Crippen molar-refractivity contribution in [1.82, 2.24) is 4.90 Å². The molecule has 0 spiro atoms. The van der Waals surface area contributed by atoms with Crippen molar-refractivity contribution in [3.8, 4) is 12.3 Å². The average molecular weight is 279 g/mol. The molecule has 0 fully saturated rings. The van der Waals surface area contributed by atoms with E-state index in [9.17, 15) is 5.11 Å². The van der Waals surface area contributed by atoms with Crippen LogP contribution in [0.3, 0.4) is 0 Å². The van der Waals surface area contributed by atoms with Gasteiger partial charge in [0, 0.05) is 13.1 Å². The van der Waals surface area contributed by atoms with Crippen molar-refractivity contribution in [2.24, 2.45) is 5.92 Å². The average Bonchev–Trinajstić information content (AvgIpc) is 2.74. The Bertz CT molecular complexity index is 420. The Hall–Kier alpha value is -1.28. The zero-order chi connectivity index (χ0) is 15.0. The second kappa shape index (κ2) is 8.80. The molecule has 0 saturated heterocycles. The first-order chi connectivity index (χ1) is 9.51. The minimum atomic E-state index is -0.543. The molecule has 1 rings (SSSR count). The lowest BCUT2D eigenvalue weighted by atomic mass is 10.2. The van der Waals surface area contributed by atoms with Crippen molar-refractivity contribution in [1.29, 1.82) is 0 Å². The molecule has 1 atom stereocenters. The summed E-state index contributed by atoms with van der Waals surface area (Å²) in [4.78, 5) is 2.17. The molecule has 0 amide bonds. The van der Waals surface area contributed by atoms with Gasteiger partial charge in [0.25, 0.3) is 0 Å². The highest BCUT2D eigenvalue weighted by atomic mass is 16.5. The van der Waals surface area contributed by atoms with Gasteiger partial charge in [-0.2, -0.15) is 0 Å². The first kappa shape index (κ1) is 16.8. The number of furan rings is 1. The van der Waals surface area contributed by atoms with Gasteiger partial charge >= 0.3 is 0 Å². The third-order valence-electron chi connectivity index (χ3n) is 2.76. The van der Waals surface area contributed by atoms with Gasteiger partial charge in [0.2, 0.25) is 0 Å². The van der Waals surface area contributed by atoms with E-state index in [1.807, 2.05) is 19.1 Å². The van der Waals surface area contributed by atoms with E-state index in [-0.39, 0.29) is 13.2 Å². The molecule has 0 aliphatic carbocycles. The molecule has 0 radical (unpaired) electrons. The molecule has 1 heterocycles. The Morgan fingerprint density at radius 1 is 1.40 bits per heavy atom. The minimum absolute atomic E-state index is 0.235. The fourth-order valence-electron chi connectivity index (χ4n) is 2.12. The number of hydrogen-bond donors (Lipinski definition) is 1. The Morgan fingerprint density at radius 3 is 2.70 bits per heavy atom. The highest BCUT2D eigenvalue weighted by Gasteiger charge is 2.15. The summed E-state index contributed by atoms with van der Waals surface area (Å²) in [7, 11) is 0. The van der Waals surface area contributed by atoms with Crippen molar-refractivity contribution in [2.45, 2.75) is 33.4 Å². The van der Waals surface area contributed by atoms with Crippen molar-refractivity contribution < 1.29 is 14.3 Å². The third-order valence-corrected chi connectivity index (χ3v) is 2.76. The van der Waals surface area contributed by atoms with Crippen LogP contribution in [-0.2, 0) is 11.3 Å². The standard InChI is InChI=1S/C16H25NO3/c1-5-8-19-12-15(18)10-17(9-13(2)3)11-16-7-6-14(4)20-16/h1,6-7,13,15,18H,8-12H2,2-4H3/t15-/m1/s1. The zero-order valence-electron chi connectivity index (χ0n) is 12.6. The Kier molecular flexibility index (Phi) is 7.38. The topological polar surface area (TPSA) is 45.8 Å². The van der Waals surface area contributed by atoms with E-state index >= 15 is 0 Å². The summed E-state index contributed by atoms with van der Waals surface area (Å²) in [5.41, 5.74) is 0. The summed E-state index contributed by atoms with van der Waals surface area (Å²) in [5, 5.41) is 9.98. The van der Waals surface area contributed by atoms with Gasteiger partial charge in [0.1, 0.15) is 18.1 Å². The Balaban J connectivity index is 2.49. The fourth-order valence-corrected chi connectivity index (χ4v) is 2.12. The van der Waals surface area contributed by atoms with Gasteiger partial charge in [0.15, 0.2) is 0 Å². The van der Waals surface area contributed by atoms with Crippen LogP contribution in [0.1, 0.15) is 25.4 Å². The Labute approximate surface area is 121 Å². The summed E-state index contributed by atoms with van der Waals surface area (Å²) in [5.74, 6) is 4.73. The van der Waals surface area contributed by atoms with Gasteiger partial charge in [-0.15, -0.1) is 6.42 Å². The maximum Gasteiger partial charge on any atom is 0.118 e. The number of aliphatic hydroxyl groups is 1. The molecular weight excluding hydrogens is 254 g/mol. The number of terminal acetylenes is 1. The van der Waals surface area contributed by atoms with E-state index in [1.54, 1.807) is 0 Å². The maximum absolute atomic E-state index is 9.98. The molecule has 0 bridgehead atoms. The number of hydrogen-bond acceptors (Lipinski definition) is 4. The van der Waals surface area contributed by atoms with E-state index in [0.717, 1.165) is 18.1 Å². The molecule has 0 aliphatic rings. The number of aryl methyl sites for hydroxylation is 1. The van der Waals surface area contributed by atoms with E-state index in [1.165, 1.54) is 0 Å². The zero-order valence-corrected chi connectivity index (χ0v) is 12.6. The van der Waals surface area contributed by atoms with Crippen molar-refractivity contribution in [3.05, 3.63) is 23.7 Å². The molecule has 112 valence electrons. The smallest absolute Gasteiger partial charge is 0.118 e. The molecule has 20 heavy (non-hydrogen) atoms. The van der Waals surface area contributed by atoms with Crippen LogP contribution in [0.25, 0.3) is 0 Å². The second-order valence-corrected chi connectivity index (χ2v) is 5.47. The lowest BCUT2D eigenvalue weighted by Crippen LogP contribution is -2.36. The van der Waals surface area contributed by atoms with Gasteiger partial charge < -0.3 is 14.3 Å². The van der Waals surface area contributed by atoms with Crippen LogP contribution in [0.15, 0.2) is 16.5 Å². The number of ether oxygens (including phenoxy) is 1. The summed E-state index contributed by atoms with van der Waals surface area (Å²) >= 11 is 0.